The normalized spacial score (nSPS) is 12.6. The lowest BCUT2D eigenvalue weighted by atomic mass is 9.99. The van der Waals surface area contributed by atoms with Crippen molar-refractivity contribution in [2.75, 3.05) is 13.2 Å². The van der Waals surface area contributed by atoms with Gasteiger partial charge in [0.15, 0.2) is 0 Å². The molecule has 24 heavy (non-hydrogen) atoms. The molecule has 0 aliphatic rings. The van der Waals surface area contributed by atoms with Gasteiger partial charge < -0.3 is 14.0 Å². The minimum absolute atomic E-state index is 0.271. The molecule has 0 fully saturated rings. The molecule has 0 bridgehead atoms. The summed E-state index contributed by atoms with van der Waals surface area (Å²) in [7, 11) is -4.42. The Morgan fingerprint density at radius 1 is 0.917 bits per heavy atom. The molecule has 0 aliphatic carbocycles. The Hall–Kier alpha value is -2.05. The van der Waals surface area contributed by atoms with Gasteiger partial charge in [0.1, 0.15) is 34.8 Å². The van der Waals surface area contributed by atoms with E-state index in [-0.39, 0.29) is 4.90 Å². The first-order valence-electron chi connectivity index (χ1n) is 7.81. The quantitative estimate of drug-likeness (QED) is 0.538. The average Bonchev–Trinajstić information content (AvgIpc) is 2.58. The Morgan fingerprint density at radius 3 is 1.79 bits per heavy atom. The van der Waals surface area contributed by atoms with Gasteiger partial charge in [0, 0.05) is 0 Å². The summed E-state index contributed by atoms with van der Waals surface area (Å²) in [5.41, 5.74) is 1.29. The topological polar surface area (TPSA) is 75.7 Å². The van der Waals surface area contributed by atoms with Crippen LogP contribution in [0.25, 0.3) is 0 Å². The maximum absolute atomic E-state index is 10.8. The Balaban J connectivity index is 1.78. The van der Waals surface area contributed by atoms with Crippen molar-refractivity contribution < 1.29 is 22.4 Å². The summed E-state index contributed by atoms with van der Waals surface area (Å²) in [6.45, 7) is 5.03. The van der Waals surface area contributed by atoms with Gasteiger partial charge in [0.2, 0.25) is 0 Å². The van der Waals surface area contributed by atoms with Crippen molar-refractivity contribution in [3.8, 4) is 11.5 Å². The summed E-state index contributed by atoms with van der Waals surface area (Å²) < 4.78 is 43.5. The van der Waals surface area contributed by atoms with Crippen LogP contribution in [0.15, 0.2) is 53.4 Å². The fourth-order valence-corrected chi connectivity index (χ4v) is 2.62. The lowest BCUT2D eigenvalue weighted by Gasteiger charge is -2.12. The second-order valence-corrected chi connectivity index (χ2v) is 6.88. The van der Waals surface area contributed by atoms with Crippen LogP contribution < -0.4 is 9.47 Å². The first-order valence-corrected chi connectivity index (χ1v) is 9.22. The molecular formula is C18H21O5S-. The third-order valence-corrected chi connectivity index (χ3v) is 4.64. The monoisotopic (exact) mass is 349 g/mol. The summed E-state index contributed by atoms with van der Waals surface area (Å²) in [6.07, 6.45) is 1.10. The lowest BCUT2D eigenvalue weighted by molar-refractivity contribution is 0.217. The summed E-state index contributed by atoms with van der Waals surface area (Å²) in [4.78, 5) is -0.271. The highest BCUT2D eigenvalue weighted by molar-refractivity contribution is 7.85. The van der Waals surface area contributed by atoms with Crippen LogP contribution in [0, 0.1) is 0 Å². The van der Waals surface area contributed by atoms with Crippen LogP contribution in [0.2, 0.25) is 0 Å². The predicted octanol–water partition coefficient (Wildman–Crippen LogP) is 3.56. The number of hydrogen-bond donors (Lipinski definition) is 0. The Kier molecular flexibility index (Phi) is 6.23. The van der Waals surface area contributed by atoms with E-state index < -0.39 is 10.1 Å². The number of benzene rings is 2. The van der Waals surface area contributed by atoms with Crippen LogP contribution in [-0.4, -0.2) is 26.2 Å². The van der Waals surface area contributed by atoms with Gasteiger partial charge in [-0.25, -0.2) is 8.42 Å². The third kappa shape index (κ3) is 5.25. The van der Waals surface area contributed by atoms with E-state index in [1.807, 2.05) is 12.1 Å². The fourth-order valence-electron chi connectivity index (χ4n) is 2.15. The summed E-state index contributed by atoms with van der Waals surface area (Å²) in [5.74, 6) is 1.79. The SMILES string of the molecule is CCC(C)c1ccc(OCCOc2ccc(S(=O)(=O)[O-])cc2)cc1. The van der Waals surface area contributed by atoms with Crippen molar-refractivity contribution in [3.63, 3.8) is 0 Å². The predicted molar refractivity (Wildman–Crippen MR) is 90.5 cm³/mol. The molecule has 1 unspecified atom stereocenters. The second-order valence-electron chi connectivity index (χ2n) is 5.50. The van der Waals surface area contributed by atoms with Crippen molar-refractivity contribution in [1.82, 2.24) is 0 Å². The molecular weight excluding hydrogens is 328 g/mol. The zero-order chi connectivity index (χ0) is 17.6. The zero-order valence-electron chi connectivity index (χ0n) is 13.8. The molecule has 0 saturated heterocycles. The lowest BCUT2D eigenvalue weighted by Crippen LogP contribution is -2.09. The van der Waals surface area contributed by atoms with Crippen LogP contribution in [-0.2, 0) is 10.1 Å². The van der Waals surface area contributed by atoms with Crippen LogP contribution >= 0.6 is 0 Å². The molecule has 0 N–H and O–H groups in total. The molecule has 0 aliphatic heterocycles. The maximum Gasteiger partial charge on any atom is 0.124 e. The van der Waals surface area contributed by atoms with E-state index in [1.165, 1.54) is 29.8 Å². The fraction of sp³-hybridized carbons (Fsp3) is 0.333. The molecule has 6 heteroatoms. The number of rotatable bonds is 8. The average molecular weight is 349 g/mol. The molecule has 0 spiro atoms. The van der Waals surface area contributed by atoms with Gasteiger partial charge in [-0.05, 0) is 54.3 Å². The van der Waals surface area contributed by atoms with E-state index >= 15 is 0 Å². The minimum Gasteiger partial charge on any atom is -0.744 e. The van der Waals surface area contributed by atoms with E-state index in [0.717, 1.165) is 12.2 Å². The van der Waals surface area contributed by atoms with Crippen molar-refractivity contribution in [2.24, 2.45) is 0 Å². The Bertz CT molecular complexity index is 736. The van der Waals surface area contributed by atoms with Gasteiger partial charge in [0.25, 0.3) is 0 Å². The van der Waals surface area contributed by atoms with Crippen molar-refractivity contribution >= 4 is 10.1 Å². The van der Waals surface area contributed by atoms with Gasteiger partial charge in [-0.3, -0.25) is 0 Å². The smallest absolute Gasteiger partial charge is 0.124 e. The van der Waals surface area contributed by atoms with E-state index in [1.54, 1.807) is 0 Å². The number of hydrogen-bond acceptors (Lipinski definition) is 5. The van der Waals surface area contributed by atoms with E-state index in [2.05, 4.69) is 26.0 Å². The van der Waals surface area contributed by atoms with Crippen LogP contribution in [0.5, 0.6) is 11.5 Å². The number of ether oxygens (including phenoxy) is 2. The van der Waals surface area contributed by atoms with Gasteiger partial charge in [-0.1, -0.05) is 26.0 Å². The zero-order valence-corrected chi connectivity index (χ0v) is 14.6. The highest BCUT2D eigenvalue weighted by Gasteiger charge is 2.03. The molecule has 130 valence electrons. The van der Waals surface area contributed by atoms with Crippen molar-refractivity contribution in [2.45, 2.75) is 31.1 Å². The Labute approximate surface area is 143 Å². The van der Waals surface area contributed by atoms with Crippen molar-refractivity contribution in [1.29, 1.82) is 0 Å². The van der Waals surface area contributed by atoms with Gasteiger partial charge in [-0.2, -0.15) is 0 Å². The maximum atomic E-state index is 10.8. The van der Waals surface area contributed by atoms with Gasteiger partial charge >= 0.3 is 0 Å². The van der Waals surface area contributed by atoms with Crippen molar-refractivity contribution in [3.05, 3.63) is 54.1 Å². The first kappa shape index (κ1) is 18.3. The first-order chi connectivity index (χ1) is 11.4. The van der Waals surface area contributed by atoms with E-state index in [0.29, 0.717) is 24.9 Å². The molecule has 0 saturated carbocycles. The molecule has 2 aromatic carbocycles. The van der Waals surface area contributed by atoms with E-state index in [9.17, 15) is 13.0 Å². The highest BCUT2D eigenvalue weighted by atomic mass is 32.2. The highest BCUT2D eigenvalue weighted by Crippen LogP contribution is 2.21. The minimum atomic E-state index is -4.42. The van der Waals surface area contributed by atoms with Crippen LogP contribution in [0.1, 0.15) is 31.7 Å². The van der Waals surface area contributed by atoms with Gasteiger partial charge in [-0.15, -0.1) is 0 Å². The summed E-state index contributed by atoms with van der Waals surface area (Å²) in [6, 6.07) is 13.4. The second kappa shape index (κ2) is 8.17. The molecule has 0 heterocycles. The molecule has 0 aromatic heterocycles. The molecule has 5 nitrogen and oxygen atoms in total. The van der Waals surface area contributed by atoms with Crippen LogP contribution in [0.3, 0.4) is 0 Å². The standard InChI is InChI=1S/C18H22O5S/c1-3-14(2)15-4-6-16(7-5-15)22-12-13-23-17-8-10-18(11-9-17)24(19,20)21/h4-11,14H,3,12-13H2,1-2H3,(H,19,20,21)/p-1. The van der Waals surface area contributed by atoms with E-state index in [4.69, 9.17) is 9.47 Å². The molecule has 0 amide bonds. The molecule has 2 aromatic rings. The third-order valence-electron chi connectivity index (χ3n) is 3.79. The molecule has 1 atom stereocenters. The largest absolute Gasteiger partial charge is 0.744 e. The van der Waals surface area contributed by atoms with Crippen LogP contribution in [0.4, 0.5) is 0 Å². The summed E-state index contributed by atoms with van der Waals surface area (Å²) >= 11 is 0. The molecule has 0 radical (unpaired) electrons. The van der Waals surface area contributed by atoms with Gasteiger partial charge in [0.05, 0.1) is 4.90 Å². The Morgan fingerprint density at radius 2 is 1.38 bits per heavy atom. The molecule has 2 rings (SSSR count). The summed E-state index contributed by atoms with van der Waals surface area (Å²) in [5, 5.41) is 0.